The average Bonchev–Trinajstić information content (AvgIpc) is 2.44. The molecule has 1 aromatic carbocycles. The summed E-state index contributed by atoms with van der Waals surface area (Å²) in [7, 11) is 0. The lowest BCUT2D eigenvalue weighted by atomic mass is 10.1. The van der Waals surface area contributed by atoms with E-state index < -0.39 is 0 Å². The first kappa shape index (κ1) is 16.5. The van der Waals surface area contributed by atoms with Crippen LogP contribution in [0.3, 0.4) is 0 Å². The molecule has 2 rings (SSSR count). The molecule has 5 heteroatoms. The van der Waals surface area contributed by atoms with Gasteiger partial charge in [-0.25, -0.2) is 0 Å². The third-order valence-electron chi connectivity index (χ3n) is 3.14. The molecule has 112 valence electrons. The van der Waals surface area contributed by atoms with Crippen LogP contribution in [0, 0.1) is 6.92 Å². The number of ether oxygens (including phenoxy) is 1. The largest absolute Gasteiger partial charge is 0.492 e. The van der Waals surface area contributed by atoms with Crippen molar-refractivity contribution in [1.29, 1.82) is 0 Å². The minimum Gasteiger partial charge on any atom is -0.492 e. The van der Waals surface area contributed by atoms with Crippen molar-refractivity contribution in [3.05, 3.63) is 56.2 Å². The van der Waals surface area contributed by atoms with Crippen LogP contribution in [0.25, 0.3) is 0 Å². The number of hydrogen-bond acceptors (Lipinski definition) is 3. The van der Waals surface area contributed by atoms with Crippen LogP contribution in [0.2, 0.25) is 0 Å². The molecule has 0 bridgehead atoms. The van der Waals surface area contributed by atoms with Crippen LogP contribution < -0.4 is 10.1 Å². The smallest absolute Gasteiger partial charge is 0.138 e. The van der Waals surface area contributed by atoms with Crippen LogP contribution in [-0.2, 0) is 13.1 Å². The van der Waals surface area contributed by atoms with Gasteiger partial charge in [-0.15, -0.1) is 0 Å². The topological polar surface area (TPSA) is 34.1 Å². The van der Waals surface area contributed by atoms with Crippen LogP contribution in [-0.4, -0.2) is 11.6 Å². The molecule has 0 aliphatic carbocycles. The van der Waals surface area contributed by atoms with Crippen LogP contribution in [0.15, 0.2) is 39.5 Å². The van der Waals surface area contributed by atoms with E-state index in [9.17, 15) is 0 Å². The lowest BCUT2D eigenvalue weighted by Gasteiger charge is -2.14. The van der Waals surface area contributed by atoms with Crippen LogP contribution in [0.4, 0.5) is 0 Å². The first-order valence-electron chi connectivity index (χ1n) is 6.82. The molecule has 0 spiro atoms. The van der Waals surface area contributed by atoms with Crippen molar-refractivity contribution in [3.63, 3.8) is 0 Å². The number of benzene rings is 1. The van der Waals surface area contributed by atoms with Crippen molar-refractivity contribution in [2.24, 2.45) is 0 Å². The van der Waals surface area contributed by atoms with Gasteiger partial charge in [0.2, 0.25) is 0 Å². The highest BCUT2D eigenvalue weighted by molar-refractivity contribution is 9.11. The Kier molecular flexibility index (Phi) is 6.21. The summed E-state index contributed by atoms with van der Waals surface area (Å²) in [6.45, 7) is 6.27. The Bertz CT molecular complexity index is 617. The van der Waals surface area contributed by atoms with Crippen molar-refractivity contribution in [2.45, 2.75) is 26.9 Å². The van der Waals surface area contributed by atoms with Crippen molar-refractivity contribution in [3.8, 4) is 5.75 Å². The van der Waals surface area contributed by atoms with Gasteiger partial charge < -0.3 is 10.1 Å². The first-order valence-corrected chi connectivity index (χ1v) is 8.41. The van der Waals surface area contributed by atoms with Crippen molar-refractivity contribution in [2.75, 3.05) is 6.61 Å². The molecule has 21 heavy (non-hydrogen) atoms. The van der Waals surface area contributed by atoms with E-state index in [1.165, 1.54) is 11.1 Å². The van der Waals surface area contributed by atoms with E-state index in [4.69, 9.17) is 4.74 Å². The van der Waals surface area contributed by atoms with Gasteiger partial charge in [-0.2, -0.15) is 0 Å². The number of aryl methyl sites for hydroxylation is 1. The van der Waals surface area contributed by atoms with E-state index in [1.54, 1.807) is 0 Å². The number of pyridine rings is 1. The summed E-state index contributed by atoms with van der Waals surface area (Å²) in [4.78, 5) is 4.11. The summed E-state index contributed by atoms with van der Waals surface area (Å²) < 4.78 is 7.74. The zero-order chi connectivity index (χ0) is 15.2. The SMILES string of the molecule is CCOc1c(Br)cc(Br)cc1CNCc1ccncc1C. The highest BCUT2D eigenvalue weighted by atomic mass is 79.9. The molecule has 0 saturated heterocycles. The third kappa shape index (κ3) is 4.53. The molecule has 0 aliphatic heterocycles. The maximum atomic E-state index is 5.73. The zero-order valence-corrected chi connectivity index (χ0v) is 15.3. The first-order chi connectivity index (χ1) is 10.1. The maximum Gasteiger partial charge on any atom is 0.138 e. The Labute approximate surface area is 142 Å². The van der Waals surface area contributed by atoms with E-state index in [0.29, 0.717) is 6.61 Å². The van der Waals surface area contributed by atoms with E-state index in [2.05, 4.69) is 55.2 Å². The van der Waals surface area contributed by atoms with Gasteiger partial charge in [0.25, 0.3) is 0 Å². The molecule has 2 aromatic rings. The molecule has 0 saturated carbocycles. The fourth-order valence-corrected chi connectivity index (χ4v) is 3.51. The Balaban J connectivity index is 2.07. The molecular weight excluding hydrogens is 396 g/mol. The Morgan fingerprint density at radius 1 is 1.19 bits per heavy atom. The summed E-state index contributed by atoms with van der Waals surface area (Å²) in [6.07, 6.45) is 3.71. The highest BCUT2D eigenvalue weighted by Gasteiger charge is 2.10. The zero-order valence-electron chi connectivity index (χ0n) is 12.1. The standard InChI is InChI=1S/C16H18Br2N2O/c1-3-21-16-13(6-14(17)7-15(16)18)10-20-9-12-4-5-19-8-11(12)2/h4-8,20H,3,9-10H2,1-2H3. The second-order valence-corrected chi connectivity index (χ2v) is 6.48. The molecule has 0 amide bonds. The summed E-state index contributed by atoms with van der Waals surface area (Å²) in [5.74, 6) is 0.902. The Morgan fingerprint density at radius 3 is 2.67 bits per heavy atom. The number of aromatic nitrogens is 1. The quantitative estimate of drug-likeness (QED) is 0.751. The van der Waals surface area contributed by atoms with E-state index in [0.717, 1.165) is 33.3 Å². The average molecular weight is 414 g/mol. The van der Waals surface area contributed by atoms with Gasteiger partial charge in [-0.1, -0.05) is 15.9 Å². The van der Waals surface area contributed by atoms with E-state index >= 15 is 0 Å². The van der Waals surface area contributed by atoms with Crippen LogP contribution >= 0.6 is 31.9 Å². The van der Waals surface area contributed by atoms with Gasteiger partial charge in [0.05, 0.1) is 11.1 Å². The van der Waals surface area contributed by atoms with Crippen molar-refractivity contribution >= 4 is 31.9 Å². The molecule has 0 aliphatic rings. The lowest BCUT2D eigenvalue weighted by Crippen LogP contribution is -2.14. The number of rotatable bonds is 6. The molecule has 0 unspecified atom stereocenters. The Hall–Kier alpha value is -0.910. The van der Waals surface area contributed by atoms with Gasteiger partial charge in [-0.3, -0.25) is 4.98 Å². The Morgan fingerprint density at radius 2 is 1.95 bits per heavy atom. The predicted octanol–water partition coefficient (Wildman–Crippen LogP) is 4.60. The molecule has 1 N–H and O–H groups in total. The van der Waals surface area contributed by atoms with Gasteiger partial charge in [-0.05, 0) is 59.1 Å². The van der Waals surface area contributed by atoms with Gasteiger partial charge in [0.15, 0.2) is 0 Å². The van der Waals surface area contributed by atoms with Crippen molar-refractivity contribution in [1.82, 2.24) is 10.3 Å². The minimum atomic E-state index is 0.649. The molecule has 1 heterocycles. The molecular formula is C16H18Br2N2O. The van der Waals surface area contributed by atoms with E-state index in [1.807, 2.05) is 31.5 Å². The molecule has 0 atom stereocenters. The van der Waals surface area contributed by atoms with Gasteiger partial charge >= 0.3 is 0 Å². The fraction of sp³-hybridized carbons (Fsp3) is 0.312. The highest BCUT2D eigenvalue weighted by Crippen LogP contribution is 2.33. The van der Waals surface area contributed by atoms with Gasteiger partial charge in [0.1, 0.15) is 5.75 Å². The maximum absolute atomic E-state index is 5.73. The number of nitrogens with one attached hydrogen (secondary N) is 1. The fourth-order valence-electron chi connectivity index (χ4n) is 2.08. The molecule has 3 nitrogen and oxygen atoms in total. The normalized spacial score (nSPS) is 10.7. The van der Waals surface area contributed by atoms with Crippen LogP contribution in [0.5, 0.6) is 5.75 Å². The monoisotopic (exact) mass is 412 g/mol. The second-order valence-electron chi connectivity index (χ2n) is 4.71. The number of halogens is 2. The summed E-state index contributed by atoms with van der Waals surface area (Å²) in [5.41, 5.74) is 3.59. The predicted molar refractivity (Wildman–Crippen MR) is 92.5 cm³/mol. The summed E-state index contributed by atoms with van der Waals surface area (Å²) in [6, 6.07) is 6.13. The number of hydrogen-bond donors (Lipinski definition) is 1. The summed E-state index contributed by atoms with van der Waals surface area (Å²) in [5, 5.41) is 3.46. The molecule has 0 radical (unpaired) electrons. The third-order valence-corrected chi connectivity index (χ3v) is 4.19. The summed E-state index contributed by atoms with van der Waals surface area (Å²) >= 11 is 7.08. The van der Waals surface area contributed by atoms with Crippen molar-refractivity contribution < 1.29 is 4.74 Å². The number of nitrogens with zero attached hydrogens (tertiary/aromatic N) is 1. The lowest BCUT2D eigenvalue weighted by molar-refractivity contribution is 0.333. The minimum absolute atomic E-state index is 0.649. The van der Waals surface area contributed by atoms with Crippen LogP contribution in [0.1, 0.15) is 23.6 Å². The second kappa shape index (κ2) is 7.92. The van der Waals surface area contributed by atoms with E-state index in [-0.39, 0.29) is 0 Å². The van der Waals surface area contributed by atoms with Gasteiger partial charge in [0, 0.05) is 35.5 Å². The molecule has 0 fully saturated rings. The molecule has 1 aromatic heterocycles.